The van der Waals surface area contributed by atoms with E-state index in [4.69, 9.17) is 22.1 Å². The fourth-order valence-electron chi connectivity index (χ4n) is 2.70. The number of rotatable bonds is 6. The molecule has 28 heavy (non-hydrogen) atoms. The van der Waals surface area contributed by atoms with Gasteiger partial charge in [0.1, 0.15) is 17.9 Å². The Bertz CT molecular complexity index is 1060. The summed E-state index contributed by atoms with van der Waals surface area (Å²) in [6.07, 6.45) is 1.71. The Morgan fingerprint density at radius 2 is 2.00 bits per heavy atom. The second-order valence-electron chi connectivity index (χ2n) is 6.98. The Balaban J connectivity index is 1.89. The third-order valence-electron chi connectivity index (χ3n) is 4.40. The lowest BCUT2D eigenvalue weighted by atomic mass is 10.0. The molecule has 0 atom stereocenters. The van der Waals surface area contributed by atoms with Gasteiger partial charge in [-0.05, 0) is 32.9 Å². The third kappa shape index (κ3) is 3.94. The van der Waals surface area contributed by atoms with Crippen molar-refractivity contribution in [3.05, 3.63) is 64.4 Å². The molecular formula is C20H21ClN4O3. The van der Waals surface area contributed by atoms with Crippen LogP contribution < -0.4 is 15.8 Å². The molecule has 0 spiro atoms. The monoisotopic (exact) mass is 400 g/mol. The van der Waals surface area contributed by atoms with Crippen LogP contribution in [0.2, 0.25) is 5.02 Å². The van der Waals surface area contributed by atoms with Crippen LogP contribution in [0.1, 0.15) is 35.5 Å². The maximum atomic E-state index is 12.8. The Kier molecular flexibility index (Phi) is 5.29. The predicted octanol–water partition coefficient (Wildman–Crippen LogP) is 2.87. The Hall–Kier alpha value is -3.06. The van der Waals surface area contributed by atoms with Crippen molar-refractivity contribution in [1.29, 1.82) is 0 Å². The van der Waals surface area contributed by atoms with Gasteiger partial charge in [-0.1, -0.05) is 29.8 Å². The van der Waals surface area contributed by atoms with Crippen LogP contribution in [-0.4, -0.2) is 27.0 Å². The number of carbonyl (C=O) groups is 2. The number of aromatic nitrogens is 2. The molecule has 8 heteroatoms. The summed E-state index contributed by atoms with van der Waals surface area (Å²) in [6.45, 7) is 5.11. The zero-order valence-electron chi connectivity index (χ0n) is 15.8. The van der Waals surface area contributed by atoms with Crippen LogP contribution in [0.15, 0.2) is 42.6 Å². The van der Waals surface area contributed by atoms with Gasteiger partial charge >= 0.3 is 0 Å². The molecule has 7 nitrogen and oxygen atoms in total. The Morgan fingerprint density at radius 3 is 2.68 bits per heavy atom. The lowest BCUT2D eigenvalue weighted by Gasteiger charge is -2.22. The van der Waals surface area contributed by atoms with E-state index >= 15 is 0 Å². The number of amides is 2. The number of fused-ring (bicyclic) bond motifs is 1. The number of ether oxygens (including phenoxy) is 1. The van der Waals surface area contributed by atoms with Crippen molar-refractivity contribution < 1.29 is 14.3 Å². The summed E-state index contributed by atoms with van der Waals surface area (Å²) in [5, 5.41) is 7.62. The number of pyridine rings is 1. The molecule has 1 aromatic carbocycles. The van der Waals surface area contributed by atoms with Gasteiger partial charge in [0.15, 0.2) is 0 Å². The molecule has 0 bridgehead atoms. The highest BCUT2D eigenvalue weighted by atomic mass is 35.5. The molecule has 3 aromatic rings. The zero-order chi connectivity index (χ0) is 20.5. The number of nitrogens with one attached hydrogen (secondary N) is 1. The SMILES string of the molecule is Cc1nn2ccc(OCc3ccccc3Cl)cc2c1C(=O)NC(C)(C)C(N)=O. The number of primary amides is 1. The van der Waals surface area contributed by atoms with Crippen LogP contribution in [0.25, 0.3) is 5.52 Å². The maximum Gasteiger partial charge on any atom is 0.256 e. The van der Waals surface area contributed by atoms with Crippen LogP contribution in [0, 0.1) is 6.92 Å². The van der Waals surface area contributed by atoms with Gasteiger partial charge < -0.3 is 15.8 Å². The molecule has 2 amide bonds. The molecule has 146 valence electrons. The van der Waals surface area contributed by atoms with Gasteiger partial charge in [0.05, 0.1) is 16.8 Å². The van der Waals surface area contributed by atoms with Crippen molar-refractivity contribution in [2.45, 2.75) is 32.9 Å². The number of hydrogen-bond acceptors (Lipinski definition) is 4. The topological polar surface area (TPSA) is 98.7 Å². The number of hydrogen-bond donors (Lipinski definition) is 2. The minimum absolute atomic E-state index is 0.291. The third-order valence-corrected chi connectivity index (χ3v) is 4.77. The lowest BCUT2D eigenvalue weighted by Crippen LogP contribution is -2.53. The molecule has 0 saturated heterocycles. The van der Waals surface area contributed by atoms with Gasteiger partial charge in [0.25, 0.3) is 5.91 Å². The normalized spacial score (nSPS) is 11.4. The standard InChI is InChI=1S/C20H21ClN4O3/c1-12-17(18(26)23-20(2,3)19(22)27)16-10-14(8-9-25(16)24-12)28-11-13-6-4-5-7-15(13)21/h4-10H,11H2,1-3H3,(H2,22,27)(H,23,26). The summed E-state index contributed by atoms with van der Waals surface area (Å²) in [6, 6.07) is 10.9. The summed E-state index contributed by atoms with van der Waals surface area (Å²) in [5.74, 6) is -0.492. The molecule has 2 heterocycles. The van der Waals surface area contributed by atoms with E-state index in [2.05, 4.69) is 10.4 Å². The molecule has 0 aliphatic rings. The molecular weight excluding hydrogens is 380 g/mol. The lowest BCUT2D eigenvalue weighted by molar-refractivity contribution is -0.122. The van der Waals surface area contributed by atoms with Crippen LogP contribution in [0.4, 0.5) is 0 Å². The number of halogens is 1. The molecule has 0 aliphatic carbocycles. The number of carbonyl (C=O) groups excluding carboxylic acids is 2. The fourth-order valence-corrected chi connectivity index (χ4v) is 2.89. The van der Waals surface area contributed by atoms with Gasteiger partial charge in [-0.15, -0.1) is 0 Å². The van der Waals surface area contributed by atoms with E-state index in [9.17, 15) is 9.59 Å². The summed E-state index contributed by atoms with van der Waals surface area (Å²) in [7, 11) is 0. The number of nitrogens with two attached hydrogens (primary N) is 1. The van der Waals surface area contributed by atoms with Crippen molar-refractivity contribution >= 4 is 28.9 Å². The van der Waals surface area contributed by atoms with Crippen LogP contribution in [0.3, 0.4) is 0 Å². The average molecular weight is 401 g/mol. The van der Waals surface area contributed by atoms with Gasteiger partial charge in [-0.25, -0.2) is 4.52 Å². The van der Waals surface area contributed by atoms with Gasteiger partial charge in [-0.3, -0.25) is 9.59 Å². The van der Waals surface area contributed by atoms with E-state index in [-0.39, 0.29) is 0 Å². The first-order valence-corrected chi connectivity index (χ1v) is 9.04. The predicted molar refractivity (Wildman–Crippen MR) is 106 cm³/mol. The summed E-state index contributed by atoms with van der Waals surface area (Å²) in [4.78, 5) is 24.3. The summed E-state index contributed by atoms with van der Waals surface area (Å²) in [5.41, 5.74) is 6.47. The molecule has 0 unspecified atom stereocenters. The first kappa shape index (κ1) is 19.7. The maximum absolute atomic E-state index is 12.8. The highest BCUT2D eigenvalue weighted by molar-refractivity contribution is 6.31. The van der Waals surface area contributed by atoms with Gasteiger partial charge in [0.2, 0.25) is 5.91 Å². The van der Waals surface area contributed by atoms with E-state index in [1.165, 1.54) is 0 Å². The molecule has 0 radical (unpaired) electrons. The quantitative estimate of drug-likeness (QED) is 0.664. The van der Waals surface area contributed by atoms with E-state index in [0.717, 1.165) is 5.56 Å². The van der Waals surface area contributed by atoms with Crippen LogP contribution >= 0.6 is 11.6 Å². The molecule has 0 aliphatic heterocycles. The second kappa shape index (κ2) is 7.52. The highest BCUT2D eigenvalue weighted by Crippen LogP contribution is 2.23. The average Bonchev–Trinajstić information content (AvgIpc) is 2.95. The fraction of sp³-hybridized carbons (Fsp3) is 0.250. The number of nitrogens with zero attached hydrogens (tertiary/aromatic N) is 2. The van der Waals surface area contributed by atoms with Crippen molar-refractivity contribution in [3.8, 4) is 5.75 Å². The van der Waals surface area contributed by atoms with E-state index in [1.54, 1.807) is 49.7 Å². The van der Waals surface area contributed by atoms with Crippen molar-refractivity contribution in [3.63, 3.8) is 0 Å². The summed E-state index contributed by atoms with van der Waals surface area (Å²) < 4.78 is 7.42. The van der Waals surface area contributed by atoms with Gasteiger partial charge in [0, 0.05) is 22.8 Å². The van der Waals surface area contributed by atoms with E-state index in [0.29, 0.717) is 34.2 Å². The Labute approximate surface area is 167 Å². The highest BCUT2D eigenvalue weighted by Gasteiger charge is 2.29. The molecule has 2 aromatic heterocycles. The zero-order valence-corrected chi connectivity index (χ0v) is 16.6. The summed E-state index contributed by atoms with van der Waals surface area (Å²) >= 11 is 6.16. The van der Waals surface area contributed by atoms with Crippen LogP contribution in [0.5, 0.6) is 5.75 Å². The smallest absolute Gasteiger partial charge is 0.256 e. The van der Waals surface area contributed by atoms with E-state index < -0.39 is 17.4 Å². The second-order valence-corrected chi connectivity index (χ2v) is 7.38. The molecule has 3 N–H and O–H groups in total. The van der Waals surface area contributed by atoms with Crippen molar-refractivity contribution in [1.82, 2.24) is 14.9 Å². The molecule has 0 fully saturated rings. The van der Waals surface area contributed by atoms with Crippen molar-refractivity contribution in [2.24, 2.45) is 5.73 Å². The number of benzene rings is 1. The minimum atomic E-state index is -1.18. The first-order valence-electron chi connectivity index (χ1n) is 8.66. The minimum Gasteiger partial charge on any atom is -0.489 e. The Morgan fingerprint density at radius 1 is 1.29 bits per heavy atom. The first-order chi connectivity index (χ1) is 13.2. The van der Waals surface area contributed by atoms with Crippen molar-refractivity contribution in [2.75, 3.05) is 0 Å². The molecule has 3 rings (SSSR count). The van der Waals surface area contributed by atoms with Gasteiger partial charge in [-0.2, -0.15) is 5.10 Å². The number of aryl methyl sites for hydroxylation is 1. The van der Waals surface area contributed by atoms with Crippen LogP contribution in [-0.2, 0) is 11.4 Å². The van der Waals surface area contributed by atoms with E-state index in [1.807, 2.05) is 18.2 Å². The largest absolute Gasteiger partial charge is 0.489 e. The molecule has 0 saturated carbocycles.